The molecule has 0 atom stereocenters. The Morgan fingerprint density at radius 3 is 1.56 bits per heavy atom. The summed E-state index contributed by atoms with van der Waals surface area (Å²) in [6.45, 7) is 0. The monoisotopic (exact) mass is 732 g/mol. The van der Waals surface area contributed by atoms with E-state index in [4.69, 9.17) is 19.4 Å². The summed E-state index contributed by atoms with van der Waals surface area (Å²) < 4.78 is 7.06. The van der Waals surface area contributed by atoms with Gasteiger partial charge in [0, 0.05) is 33.3 Å². The number of rotatable bonds is 8. The molecule has 57 heavy (non-hydrogen) atoms. The van der Waals surface area contributed by atoms with E-state index < -0.39 is 0 Å². The van der Waals surface area contributed by atoms with Gasteiger partial charge in [0.1, 0.15) is 5.58 Å². The maximum absolute atomic E-state index is 7.06. The Kier molecular flexibility index (Phi) is 8.86. The lowest BCUT2D eigenvalue weighted by molar-refractivity contribution is 0.669. The van der Waals surface area contributed by atoms with Crippen LogP contribution < -0.4 is 4.90 Å². The van der Waals surface area contributed by atoms with E-state index in [0.717, 1.165) is 67.7 Å². The van der Waals surface area contributed by atoms with Crippen LogP contribution in [0.3, 0.4) is 0 Å². The third-order valence-electron chi connectivity index (χ3n) is 10.4. The van der Waals surface area contributed by atoms with Gasteiger partial charge >= 0.3 is 0 Å². The van der Waals surface area contributed by atoms with Crippen LogP contribution in [0.4, 0.5) is 11.4 Å². The quantitative estimate of drug-likeness (QED) is 0.156. The Hall–Kier alpha value is -7.63. The minimum Gasteiger partial charge on any atom is -0.453 e. The number of allylic oxidation sites excluding steroid dienone is 5. The van der Waals surface area contributed by atoms with Crippen molar-refractivity contribution in [2.24, 2.45) is 0 Å². The topological polar surface area (TPSA) is 55.1 Å². The third-order valence-corrected chi connectivity index (χ3v) is 10.4. The van der Waals surface area contributed by atoms with Gasteiger partial charge in [-0.15, -0.1) is 0 Å². The molecular formula is C52H36N4O. The van der Waals surface area contributed by atoms with Crippen LogP contribution in [0.5, 0.6) is 0 Å². The van der Waals surface area contributed by atoms with Crippen LogP contribution in [-0.4, -0.2) is 15.0 Å². The number of benzene rings is 7. The molecule has 270 valence electrons. The molecule has 0 fully saturated rings. The smallest absolute Gasteiger partial charge is 0.167 e. The molecule has 2 aromatic heterocycles. The van der Waals surface area contributed by atoms with E-state index in [1.807, 2.05) is 72.8 Å². The van der Waals surface area contributed by atoms with E-state index in [1.165, 1.54) is 16.7 Å². The van der Waals surface area contributed by atoms with Crippen molar-refractivity contribution in [3.63, 3.8) is 0 Å². The van der Waals surface area contributed by atoms with Crippen molar-refractivity contribution >= 4 is 38.9 Å². The van der Waals surface area contributed by atoms with Crippen molar-refractivity contribution in [3.05, 3.63) is 218 Å². The molecule has 9 aromatic rings. The van der Waals surface area contributed by atoms with Gasteiger partial charge in [0.15, 0.2) is 23.1 Å². The molecule has 2 heterocycles. The molecule has 0 aliphatic heterocycles. The molecule has 0 bridgehead atoms. The number of fused-ring (bicyclic) bond motifs is 3. The maximum atomic E-state index is 7.06. The molecule has 0 N–H and O–H groups in total. The standard InChI is InChI=1S/C52H36N4O/c1-5-16-36(17-6-1)38-24-13-25-42(33-30-38)56(43-34-31-39(32-35-43)37-18-7-2-8-19-37)47-29-15-27-45-44-26-14-28-46(48(44)57-49(45)47)52-54-50(40-20-9-3-10-21-40)53-51(55-52)41-22-11-4-12-23-41/h1-12,14-35H,13H2. The van der Waals surface area contributed by atoms with E-state index >= 15 is 0 Å². The highest BCUT2D eigenvalue weighted by Gasteiger charge is 2.23. The number of nitrogens with zero attached hydrogens (tertiary/aromatic N) is 4. The number of aromatic nitrogens is 3. The maximum Gasteiger partial charge on any atom is 0.167 e. The van der Waals surface area contributed by atoms with E-state index in [1.54, 1.807) is 0 Å². The summed E-state index contributed by atoms with van der Waals surface area (Å²) in [6.07, 6.45) is 9.77. The summed E-state index contributed by atoms with van der Waals surface area (Å²) in [5.74, 6) is 1.76. The van der Waals surface area contributed by atoms with Crippen molar-refractivity contribution in [1.82, 2.24) is 15.0 Å². The Bertz CT molecular complexity index is 2890. The van der Waals surface area contributed by atoms with E-state index in [-0.39, 0.29) is 0 Å². The SMILES string of the molecule is C1=CC(N(c2ccc(-c3ccccc3)cc2)c2cccc3c2oc2c(-c4nc(-c5ccccc5)nc(-c5ccccc5)n4)cccc23)=CCC=C1c1ccccc1. The van der Waals surface area contributed by atoms with Gasteiger partial charge < -0.3 is 9.32 Å². The predicted octanol–water partition coefficient (Wildman–Crippen LogP) is 13.5. The first kappa shape index (κ1) is 33.9. The fourth-order valence-electron chi connectivity index (χ4n) is 7.58. The Balaban J connectivity index is 1.14. The van der Waals surface area contributed by atoms with Crippen LogP contribution in [0.15, 0.2) is 216 Å². The molecule has 5 heteroatoms. The summed E-state index contributed by atoms with van der Waals surface area (Å²) in [7, 11) is 0. The van der Waals surface area contributed by atoms with Crippen molar-refractivity contribution in [3.8, 4) is 45.3 Å². The highest BCUT2D eigenvalue weighted by Crippen LogP contribution is 2.43. The molecule has 0 saturated heterocycles. The Morgan fingerprint density at radius 1 is 0.404 bits per heavy atom. The largest absolute Gasteiger partial charge is 0.453 e. The van der Waals surface area contributed by atoms with E-state index in [2.05, 4.69) is 138 Å². The van der Waals surface area contributed by atoms with Crippen molar-refractivity contribution in [2.45, 2.75) is 6.42 Å². The normalized spacial score (nSPS) is 12.6. The molecule has 0 unspecified atom stereocenters. The highest BCUT2D eigenvalue weighted by molar-refractivity contribution is 6.13. The van der Waals surface area contributed by atoms with Crippen LogP contribution in [0.1, 0.15) is 12.0 Å². The van der Waals surface area contributed by atoms with Gasteiger partial charge in [-0.2, -0.15) is 0 Å². The first-order valence-electron chi connectivity index (χ1n) is 19.2. The second-order valence-corrected chi connectivity index (χ2v) is 13.9. The van der Waals surface area contributed by atoms with Gasteiger partial charge in [-0.05, 0) is 59.0 Å². The van der Waals surface area contributed by atoms with Crippen LogP contribution in [-0.2, 0) is 0 Å². The summed E-state index contributed by atoms with van der Waals surface area (Å²) in [6, 6.07) is 62.5. The minimum absolute atomic E-state index is 0.552. The first-order valence-corrected chi connectivity index (χ1v) is 19.2. The molecular weight excluding hydrogens is 697 g/mol. The highest BCUT2D eigenvalue weighted by atomic mass is 16.3. The summed E-state index contributed by atoms with van der Waals surface area (Å²) in [5, 5.41) is 2.00. The molecule has 0 saturated carbocycles. The van der Waals surface area contributed by atoms with Gasteiger partial charge in [-0.1, -0.05) is 176 Å². The van der Waals surface area contributed by atoms with Gasteiger partial charge in [0.2, 0.25) is 0 Å². The lowest BCUT2D eigenvalue weighted by Gasteiger charge is -2.26. The summed E-state index contributed by atoms with van der Waals surface area (Å²) in [4.78, 5) is 17.3. The second-order valence-electron chi connectivity index (χ2n) is 13.9. The van der Waals surface area contributed by atoms with Gasteiger partial charge in [0.05, 0.1) is 11.3 Å². The molecule has 0 radical (unpaired) electrons. The Labute approximate surface area is 331 Å². The first-order chi connectivity index (χ1) is 28.3. The number of para-hydroxylation sites is 2. The van der Waals surface area contributed by atoms with Crippen LogP contribution >= 0.6 is 0 Å². The number of furan rings is 1. The number of hydrogen-bond acceptors (Lipinski definition) is 5. The summed E-state index contributed by atoms with van der Waals surface area (Å²) in [5.41, 5.74) is 11.9. The molecule has 5 nitrogen and oxygen atoms in total. The fourth-order valence-corrected chi connectivity index (χ4v) is 7.58. The average molecular weight is 733 g/mol. The van der Waals surface area contributed by atoms with Crippen LogP contribution in [0, 0.1) is 0 Å². The van der Waals surface area contributed by atoms with Crippen molar-refractivity contribution < 1.29 is 4.42 Å². The predicted molar refractivity (Wildman–Crippen MR) is 234 cm³/mol. The minimum atomic E-state index is 0.552. The van der Waals surface area contributed by atoms with Gasteiger partial charge in [-0.3, -0.25) is 0 Å². The number of hydrogen-bond donors (Lipinski definition) is 0. The van der Waals surface area contributed by atoms with Gasteiger partial charge in [0.25, 0.3) is 0 Å². The summed E-state index contributed by atoms with van der Waals surface area (Å²) >= 11 is 0. The van der Waals surface area contributed by atoms with E-state index in [9.17, 15) is 0 Å². The fraction of sp³-hybridized carbons (Fsp3) is 0.0192. The zero-order chi connectivity index (χ0) is 38.0. The van der Waals surface area contributed by atoms with Crippen molar-refractivity contribution in [2.75, 3.05) is 4.90 Å². The van der Waals surface area contributed by atoms with Gasteiger partial charge in [-0.25, -0.2) is 15.0 Å². The lowest BCUT2D eigenvalue weighted by atomic mass is 10.0. The molecule has 10 rings (SSSR count). The molecule has 1 aliphatic carbocycles. The van der Waals surface area contributed by atoms with Crippen LogP contribution in [0.25, 0.3) is 72.8 Å². The van der Waals surface area contributed by atoms with Crippen molar-refractivity contribution in [1.29, 1.82) is 0 Å². The zero-order valence-electron chi connectivity index (χ0n) is 31.0. The molecule has 0 amide bonds. The third kappa shape index (κ3) is 6.62. The van der Waals surface area contributed by atoms with E-state index in [0.29, 0.717) is 17.5 Å². The van der Waals surface area contributed by atoms with Crippen LogP contribution in [0.2, 0.25) is 0 Å². The molecule has 1 aliphatic rings. The Morgan fingerprint density at radius 2 is 0.930 bits per heavy atom. The second kappa shape index (κ2) is 14.9. The molecule has 0 spiro atoms. The lowest BCUT2D eigenvalue weighted by Crippen LogP contribution is -2.15. The average Bonchev–Trinajstić information content (AvgIpc) is 3.51. The number of anilines is 2. The molecule has 7 aromatic carbocycles. The zero-order valence-corrected chi connectivity index (χ0v) is 31.0.